The highest BCUT2D eigenvalue weighted by Crippen LogP contribution is 2.32. The maximum atomic E-state index is 9.38. The summed E-state index contributed by atoms with van der Waals surface area (Å²) in [4.78, 5) is 8.76. The number of aromatic nitrogens is 2. The number of hydrogen-bond donors (Lipinski definition) is 1. The summed E-state index contributed by atoms with van der Waals surface area (Å²) in [6.45, 7) is 5.87. The fraction of sp³-hybridized carbons (Fsp3) is 0.192. The molecule has 2 aromatic carbocycles. The van der Waals surface area contributed by atoms with Gasteiger partial charge in [0, 0.05) is 23.6 Å². The lowest BCUT2D eigenvalue weighted by Gasteiger charge is -2.16. The zero-order chi connectivity index (χ0) is 22.2. The zero-order valence-corrected chi connectivity index (χ0v) is 18.5. The molecular formula is C26H23ClN4. The molecule has 0 aliphatic heterocycles. The largest absolute Gasteiger partial charge is 0.397 e. The van der Waals surface area contributed by atoms with Gasteiger partial charge in [0.1, 0.15) is 5.15 Å². The second kappa shape index (κ2) is 8.02. The van der Waals surface area contributed by atoms with Crippen molar-refractivity contribution in [1.29, 1.82) is 5.26 Å². The predicted molar refractivity (Wildman–Crippen MR) is 127 cm³/mol. The molecule has 0 unspecified atom stereocenters. The topological polar surface area (TPSA) is 75.6 Å². The number of hydrogen-bond acceptors (Lipinski definition) is 4. The molecule has 0 fully saturated rings. The molecule has 2 N–H and O–H groups in total. The Labute approximate surface area is 187 Å². The number of nitrogen functional groups attached to an aromatic ring is 1. The van der Waals surface area contributed by atoms with Gasteiger partial charge in [0.15, 0.2) is 0 Å². The van der Waals surface area contributed by atoms with Gasteiger partial charge >= 0.3 is 0 Å². The van der Waals surface area contributed by atoms with Crippen molar-refractivity contribution in [3.05, 3.63) is 88.3 Å². The molecule has 2 aromatic heterocycles. The Bertz CT molecular complexity index is 1320. The van der Waals surface area contributed by atoms with E-state index in [0.29, 0.717) is 17.3 Å². The van der Waals surface area contributed by atoms with E-state index in [1.807, 2.05) is 51.1 Å². The van der Waals surface area contributed by atoms with E-state index < -0.39 is 5.41 Å². The summed E-state index contributed by atoms with van der Waals surface area (Å²) in [5.41, 5.74) is 13.7. The fourth-order valence-corrected chi connectivity index (χ4v) is 3.97. The Morgan fingerprint density at radius 1 is 1.03 bits per heavy atom. The first kappa shape index (κ1) is 20.8. The van der Waals surface area contributed by atoms with Crippen LogP contribution in [0.4, 0.5) is 5.69 Å². The zero-order valence-electron chi connectivity index (χ0n) is 17.8. The molecule has 0 saturated carbocycles. The van der Waals surface area contributed by atoms with Gasteiger partial charge in [-0.15, -0.1) is 0 Å². The second-order valence-corrected chi connectivity index (χ2v) is 8.74. The monoisotopic (exact) mass is 426 g/mol. The summed E-state index contributed by atoms with van der Waals surface area (Å²) < 4.78 is 0. The molecule has 0 bridgehead atoms. The molecule has 4 aromatic rings. The summed E-state index contributed by atoms with van der Waals surface area (Å²) in [6, 6.07) is 18.6. The van der Waals surface area contributed by atoms with Crippen LogP contribution < -0.4 is 5.73 Å². The molecule has 5 heteroatoms. The first-order valence-corrected chi connectivity index (χ1v) is 10.5. The van der Waals surface area contributed by atoms with Gasteiger partial charge in [0.2, 0.25) is 0 Å². The highest BCUT2D eigenvalue weighted by molar-refractivity contribution is 6.29. The van der Waals surface area contributed by atoms with Crippen LogP contribution in [0.2, 0.25) is 5.15 Å². The Morgan fingerprint density at radius 2 is 1.77 bits per heavy atom. The summed E-state index contributed by atoms with van der Waals surface area (Å²) in [7, 11) is 0. The quantitative estimate of drug-likeness (QED) is 0.392. The molecule has 2 heterocycles. The van der Waals surface area contributed by atoms with Crippen molar-refractivity contribution < 1.29 is 0 Å². The normalized spacial score (nSPS) is 11.5. The van der Waals surface area contributed by atoms with Crippen molar-refractivity contribution in [2.45, 2.75) is 32.6 Å². The van der Waals surface area contributed by atoms with E-state index in [0.717, 1.165) is 44.3 Å². The Morgan fingerprint density at radius 3 is 2.45 bits per heavy atom. The van der Waals surface area contributed by atoms with E-state index in [-0.39, 0.29) is 0 Å². The Balaban J connectivity index is 1.77. The number of anilines is 1. The van der Waals surface area contributed by atoms with Crippen molar-refractivity contribution in [2.24, 2.45) is 0 Å². The number of pyridine rings is 2. The van der Waals surface area contributed by atoms with Crippen LogP contribution in [0.15, 0.2) is 60.9 Å². The van der Waals surface area contributed by atoms with Crippen molar-refractivity contribution in [1.82, 2.24) is 9.97 Å². The van der Waals surface area contributed by atoms with E-state index in [2.05, 4.69) is 34.2 Å². The summed E-state index contributed by atoms with van der Waals surface area (Å²) >= 11 is 6.03. The highest BCUT2D eigenvalue weighted by Gasteiger charge is 2.19. The molecule has 0 radical (unpaired) electrons. The maximum Gasteiger partial charge on any atom is 0.129 e. The number of nitrogens with zero attached hydrogens (tertiary/aromatic N) is 3. The van der Waals surface area contributed by atoms with E-state index in [1.54, 1.807) is 12.4 Å². The molecule has 31 heavy (non-hydrogen) atoms. The summed E-state index contributed by atoms with van der Waals surface area (Å²) in [5.74, 6) is 0. The SMILES string of the molecule is Cc1cc(Cl)ncc1-c1ccc2ncc(N)c(Cc3ccc(C(C)(C)C#N)cc3)c2c1. The van der Waals surface area contributed by atoms with Crippen LogP contribution >= 0.6 is 11.6 Å². The Hall–Kier alpha value is -3.42. The van der Waals surface area contributed by atoms with Crippen LogP contribution in [0.5, 0.6) is 0 Å². The minimum Gasteiger partial charge on any atom is -0.397 e. The third kappa shape index (κ3) is 4.10. The van der Waals surface area contributed by atoms with Crippen LogP contribution in [0, 0.1) is 18.3 Å². The fourth-order valence-electron chi connectivity index (χ4n) is 3.76. The Kier molecular flexibility index (Phi) is 5.39. The average Bonchev–Trinajstić information content (AvgIpc) is 2.76. The van der Waals surface area contributed by atoms with Crippen molar-refractivity contribution >= 4 is 28.2 Å². The van der Waals surface area contributed by atoms with Gasteiger partial charge in [-0.1, -0.05) is 41.9 Å². The lowest BCUT2D eigenvalue weighted by molar-refractivity contribution is 0.686. The van der Waals surface area contributed by atoms with Crippen molar-refractivity contribution in [3.8, 4) is 17.2 Å². The molecule has 4 nitrogen and oxygen atoms in total. The standard InChI is InChI=1S/C26H23ClN4/c1-16-10-25(27)31-13-22(16)18-6-9-24-21(12-18)20(23(29)14-30-24)11-17-4-7-19(8-5-17)26(2,3)15-28/h4-10,12-14H,11,29H2,1-3H3. The van der Waals surface area contributed by atoms with Crippen LogP contribution in [0.1, 0.15) is 36.1 Å². The number of halogens is 1. The van der Waals surface area contributed by atoms with Gasteiger partial charge in [-0.2, -0.15) is 5.26 Å². The molecule has 0 amide bonds. The minimum atomic E-state index is -0.514. The molecule has 0 spiro atoms. The predicted octanol–water partition coefficient (Wildman–Crippen LogP) is 6.23. The van der Waals surface area contributed by atoms with Crippen molar-refractivity contribution in [3.63, 3.8) is 0 Å². The van der Waals surface area contributed by atoms with Gasteiger partial charge in [-0.05, 0) is 66.8 Å². The minimum absolute atomic E-state index is 0.483. The van der Waals surface area contributed by atoms with Gasteiger partial charge in [-0.25, -0.2) is 4.98 Å². The first-order valence-electron chi connectivity index (χ1n) is 10.1. The summed E-state index contributed by atoms with van der Waals surface area (Å²) in [5, 5.41) is 10.9. The molecular weight excluding hydrogens is 404 g/mol. The number of benzene rings is 2. The molecule has 0 saturated heterocycles. The molecule has 4 rings (SSSR count). The van der Waals surface area contributed by atoms with E-state index in [4.69, 9.17) is 17.3 Å². The third-order valence-electron chi connectivity index (χ3n) is 5.74. The van der Waals surface area contributed by atoms with Crippen LogP contribution in [0.25, 0.3) is 22.0 Å². The van der Waals surface area contributed by atoms with E-state index in [1.165, 1.54) is 0 Å². The van der Waals surface area contributed by atoms with Gasteiger partial charge in [0.05, 0.1) is 28.9 Å². The summed E-state index contributed by atoms with van der Waals surface area (Å²) in [6.07, 6.45) is 4.20. The number of aryl methyl sites for hydroxylation is 1. The third-order valence-corrected chi connectivity index (χ3v) is 5.94. The van der Waals surface area contributed by atoms with Crippen LogP contribution in [-0.2, 0) is 11.8 Å². The van der Waals surface area contributed by atoms with Crippen molar-refractivity contribution in [2.75, 3.05) is 5.73 Å². The van der Waals surface area contributed by atoms with E-state index in [9.17, 15) is 5.26 Å². The number of rotatable bonds is 4. The maximum absolute atomic E-state index is 9.38. The number of nitriles is 1. The highest BCUT2D eigenvalue weighted by atomic mass is 35.5. The van der Waals surface area contributed by atoms with E-state index >= 15 is 0 Å². The number of nitrogens with two attached hydrogens (primary N) is 1. The average molecular weight is 427 g/mol. The lowest BCUT2D eigenvalue weighted by Crippen LogP contribution is -2.13. The molecule has 154 valence electrons. The van der Waals surface area contributed by atoms with Crippen LogP contribution in [0.3, 0.4) is 0 Å². The molecule has 0 aliphatic rings. The van der Waals surface area contributed by atoms with Gasteiger partial charge < -0.3 is 5.73 Å². The molecule has 0 aliphatic carbocycles. The number of fused-ring (bicyclic) bond motifs is 1. The first-order chi connectivity index (χ1) is 14.8. The lowest BCUT2D eigenvalue weighted by atomic mass is 9.85. The smallest absolute Gasteiger partial charge is 0.129 e. The van der Waals surface area contributed by atoms with Gasteiger partial charge in [0.25, 0.3) is 0 Å². The van der Waals surface area contributed by atoms with Gasteiger partial charge in [-0.3, -0.25) is 4.98 Å². The second-order valence-electron chi connectivity index (χ2n) is 8.36. The molecule has 0 atom stereocenters. The van der Waals surface area contributed by atoms with Crippen LogP contribution in [-0.4, -0.2) is 9.97 Å².